The molecule has 0 fully saturated rings. The van der Waals surface area contributed by atoms with Gasteiger partial charge in [0.25, 0.3) is 0 Å². The van der Waals surface area contributed by atoms with Crippen molar-refractivity contribution in [3.8, 4) is 6.07 Å². The van der Waals surface area contributed by atoms with E-state index < -0.39 is 5.97 Å². The second kappa shape index (κ2) is 3.54. The molecule has 0 saturated carbocycles. The molecule has 0 atom stereocenters. The van der Waals surface area contributed by atoms with Crippen LogP contribution in [0.4, 0.5) is 0 Å². The van der Waals surface area contributed by atoms with E-state index in [0.717, 1.165) is 16.0 Å². The van der Waals surface area contributed by atoms with Gasteiger partial charge in [-0.2, -0.15) is 5.26 Å². The molecule has 0 bridgehead atoms. The van der Waals surface area contributed by atoms with Gasteiger partial charge in [0, 0.05) is 10.1 Å². The highest BCUT2D eigenvalue weighted by molar-refractivity contribution is 7.20. The molecule has 1 N–H and O–H groups in total. The number of aromatic carboxylic acids is 1. The first-order valence-corrected chi connectivity index (χ1v) is 5.18. The molecule has 3 nitrogen and oxygen atoms in total. The first kappa shape index (κ1) is 9.97. The number of thiophene rings is 1. The molecule has 1 aromatic heterocycles. The second-order valence-electron chi connectivity index (χ2n) is 2.87. The number of fused-ring (bicyclic) bond motifs is 1. The van der Waals surface area contributed by atoms with Crippen molar-refractivity contribution in [2.45, 2.75) is 0 Å². The Hall–Kier alpha value is -1.57. The molecule has 0 unspecified atom stereocenters. The highest BCUT2D eigenvalue weighted by Crippen LogP contribution is 2.33. The van der Waals surface area contributed by atoms with Crippen LogP contribution in [0.25, 0.3) is 10.1 Å². The Balaban J connectivity index is 2.78. The zero-order valence-electron chi connectivity index (χ0n) is 7.32. The van der Waals surface area contributed by atoms with Crippen LogP contribution in [0, 0.1) is 11.3 Å². The molecular weight excluding hydrogens is 234 g/mol. The molecule has 0 spiro atoms. The number of hydrogen-bond donors (Lipinski definition) is 1. The van der Waals surface area contributed by atoms with Crippen LogP contribution in [0.5, 0.6) is 0 Å². The lowest BCUT2D eigenvalue weighted by molar-refractivity contribution is 0.0702. The highest BCUT2D eigenvalue weighted by Gasteiger charge is 2.12. The summed E-state index contributed by atoms with van der Waals surface area (Å²) < 4.78 is 0.774. The Morgan fingerprint density at radius 2 is 2.27 bits per heavy atom. The van der Waals surface area contributed by atoms with Gasteiger partial charge in [0.2, 0.25) is 0 Å². The van der Waals surface area contributed by atoms with Gasteiger partial charge < -0.3 is 5.11 Å². The molecular formula is C10H4ClNO2S. The molecule has 5 heteroatoms. The summed E-state index contributed by atoms with van der Waals surface area (Å²) in [4.78, 5) is 11.0. The average molecular weight is 238 g/mol. The summed E-state index contributed by atoms with van der Waals surface area (Å²) >= 11 is 7.10. The summed E-state index contributed by atoms with van der Waals surface area (Å²) in [5, 5.41) is 18.5. The predicted octanol–water partition coefficient (Wildman–Crippen LogP) is 3.12. The van der Waals surface area contributed by atoms with Crippen LogP contribution in [0.15, 0.2) is 18.2 Å². The Bertz CT molecular complexity index is 597. The van der Waals surface area contributed by atoms with Gasteiger partial charge in [0.05, 0.1) is 10.6 Å². The summed E-state index contributed by atoms with van der Waals surface area (Å²) in [5.74, 6) is -0.981. The second-order valence-corrected chi connectivity index (χ2v) is 4.33. The lowest BCUT2D eigenvalue weighted by Crippen LogP contribution is -1.89. The fraction of sp³-hybridized carbons (Fsp3) is 0. The molecule has 0 radical (unpaired) electrons. The Labute approximate surface area is 94.1 Å². The molecule has 0 aliphatic rings. The molecule has 2 rings (SSSR count). The fourth-order valence-electron chi connectivity index (χ4n) is 1.27. The maximum Gasteiger partial charge on any atom is 0.345 e. The van der Waals surface area contributed by atoms with Gasteiger partial charge in [-0.25, -0.2) is 4.79 Å². The van der Waals surface area contributed by atoms with Crippen LogP contribution in [0.1, 0.15) is 15.2 Å². The van der Waals surface area contributed by atoms with Crippen LogP contribution in [-0.4, -0.2) is 11.1 Å². The number of benzene rings is 1. The van der Waals surface area contributed by atoms with Crippen LogP contribution < -0.4 is 0 Å². The summed E-state index contributed by atoms with van der Waals surface area (Å²) in [6, 6.07) is 6.74. The van der Waals surface area contributed by atoms with Gasteiger partial charge in [-0.15, -0.1) is 11.3 Å². The molecule has 1 aromatic carbocycles. The third kappa shape index (κ3) is 1.56. The maximum atomic E-state index is 10.7. The average Bonchev–Trinajstić information content (AvgIpc) is 2.63. The van der Waals surface area contributed by atoms with E-state index >= 15 is 0 Å². The fourth-order valence-corrected chi connectivity index (χ4v) is 2.50. The lowest BCUT2D eigenvalue weighted by atomic mass is 10.2. The highest BCUT2D eigenvalue weighted by atomic mass is 35.5. The van der Waals surface area contributed by atoms with Crippen molar-refractivity contribution in [1.82, 2.24) is 0 Å². The number of halogens is 1. The predicted molar refractivity (Wildman–Crippen MR) is 58.5 cm³/mol. The third-order valence-electron chi connectivity index (χ3n) is 1.97. The van der Waals surface area contributed by atoms with Gasteiger partial charge in [-0.3, -0.25) is 0 Å². The largest absolute Gasteiger partial charge is 0.477 e. The van der Waals surface area contributed by atoms with E-state index in [-0.39, 0.29) is 4.88 Å². The van der Waals surface area contributed by atoms with E-state index in [0.29, 0.717) is 16.0 Å². The van der Waals surface area contributed by atoms with Gasteiger partial charge in [0.1, 0.15) is 10.9 Å². The van der Waals surface area contributed by atoms with Crippen molar-refractivity contribution in [1.29, 1.82) is 5.26 Å². The van der Waals surface area contributed by atoms with Crippen LogP contribution >= 0.6 is 22.9 Å². The van der Waals surface area contributed by atoms with E-state index in [4.69, 9.17) is 22.0 Å². The maximum absolute atomic E-state index is 10.7. The molecule has 15 heavy (non-hydrogen) atoms. The molecule has 74 valence electrons. The van der Waals surface area contributed by atoms with Crippen molar-refractivity contribution in [2.75, 3.05) is 0 Å². The standard InChI is InChI=1S/C10H4ClNO2S/c11-9-5(4-12)1-2-7-6(9)3-8(15-7)10(13)14/h1-3H,(H,13,14). The quantitative estimate of drug-likeness (QED) is 0.829. The van der Waals surface area contributed by atoms with Gasteiger partial charge in [0.15, 0.2) is 0 Å². The van der Waals surface area contributed by atoms with Crippen LogP contribution in [0.3, 0.4) is 0 Å². The van der Waals surface area contributed by atoms with Gasteiger partial charge >= 0.3 is 5.97 Å². The topological polar surface area (TPSA) is 61.1 Å². The van der Waals surface area contributed by atoms with Crippen LogP contribution in [-0.2, 0) is 0 Å². The Morgan fingerprint density at radius 3 is 2.87 bits per heavy atom. The molecule has 1 heterocycles. The number of nitrogens with zero attached hydrogens (tertiary/aromatic N) is 1. The van der Waals surface area contributed by atoms with Crippen molar-refractivity contribution in [3.63, 3.8) is 0 Å². The Kier molecular flexibility index (Phi) is 2.35. The summed E-state index contributed by atoms with van der Waals surface area (Å²) in [5.41, 5.74) is 0.360. The molecule has 0 aliphatic carbocycles. The van der Waals surface area contributed by atoms with Crippen molar-refractivity contribution in [3.05, 3.63) is 33.7 Å². The number of carbonyl (C=O) groups is 1. The summed E-state index contributed by atoms with van der Waals surface area (Å²) in [6.07, 6.45) is 0. The van der Waals surface area contributed by atoms with E-state index in [1.54, 1.807) is 12.1 Å². The molecule has 0 amide bonds. The summed E-state index contributed by atoms with van der Waals surface area (Å²) in [7, 11) is 0. The zero-order chi connectivity index (χ0) is 11.0. The van der Waals surface area contributed by atoms with Crippen molar-refractivity contribution in [2.24, 2.45) is 0 Å². The number of rotatable bonds is 1. The minimum atomic E-state index is -0.981. The molecule has 2 aromatic rings. The van der Waals surface area contributed by atoms with E-state index in [2.05, 4.69) is 0 Å². The number of carboxylic acid groups (broad SMARTS) is 1. The number of carboxylic acids is 1. The van der Waals surface area contributed by atoms with Crippen LogP contribution in [0.2, 0.25) is 5.02 Å². The SMILES string of the molecule is N#Cc1ccc2sc(C(=O)O)cc2c1Cl. The summed E-state index contributed by atoms with van der Waals surface area (Å²) in [6.45, 7) is 0. The Morgan fingerprint density at radius 1 is 1.53 bits per heavy atom. The van der Waals surface area contributed by atoms with E-state index in [1.165, 1.54) is 6.07 Å². The first-order valence-electron chi connectivity index (χ1n) is 3.99. The molecule has 0 saturated heterocycles. The number of nitriles is 1. The minimum absolute atomic E-state index is 0.224. The number of hydrogen-bond acceptors (Lipinski definition) is 3. The smallest absolute Gasteiger partial charge is 0.345 e. The van der Waals surface area contributed by atoms with Gasteiger partial charge in [-0.1, -0.05) is 11.6 Å². The monoisotopic (exact) mass is 237 g/mol. The third-order valence-corrected chi connectivity index (χ3v) is 3.46. The lowest BCUT2D eigenvalue weighted by Gasteiger charge is -1.94. The van der Waals surface area contributed by atoms with E-state index in [1.807, 2.05) is 6.07 Å². The zero-order valence-corrected chi connectivity index (χ0v) is 8.89. The first-order chi connectivity index (χ1) is 7.13. The van der Waals surface area contributed by atoms with E-state index in [9.17, 15) is 4.79 Å². The normalized spacial score (nSPS) is 10.1. The van der Waals surface area contributed by atoms with Gasteiger partial charge in [-0.05, 0) is 18.2 Å². The minimum Gasteiger partial charge on any atom is -0.477 e. The van der Waals surface area contributed by atoms with Crippen molar-refractivity contribution < 1.29 is 9.90 Å². The van der Waals surface area contributed by atoms with Crippen molar-refractivity contribution >= 4 is 39.0 Å². The molecule has 0 aliphatic heterocycles.